The molecule has 96 valence electrons. The van der Waals surface area contributed by atoms with Crippen molar-refractivity contribution in [1.82, 2.24) is 8.96 Å². The van der Waals surface area contributed by atoms with Gasteiger partial charge in [-0.25, -0.2) is 21.8 Å². The van der Waals surface area contributed by atoms with Gasteiger partial charge in [-0.05, 0) is 24.3 Å². The SMILES string of the molecule is O=S(=O)(c1ccccc1)n1cnc2ccc(F)cc21. The molecule has 3 rings (SSSR count). The van der Waals surface area contributed by atoms with Gasteiger partial charge in [0.05, 0.1) is 15.9 Å². The van der Waals surface area contributed by atoms with Crippen LogP contribution in [0.15, 0.2) is 59.8 Å². The van der Waals surface area contributed by atoms with E-state index in [2.05, 4.69) is 4.98 Å². The van der Waals surface area contributed by atoms with E-state index in [9.17, 15) is 12.8 Å². The number of nitrogens with zero attached hydrogens (tertiary/aromatic N) is 2. The fraction of sp³-hybridized carbons (Fsp3) is 0. The van der Waals surface area contributed by atoms with E-state index in [0.29, 0.717) is 5.52 Å². The van der Waals surface area contributed by atoms with Gasteiger partial charge < -0.3 is 0 Å². The first-order valence-corrected chi connectivity index (χ1v) is 6.96. The second-order valence-corrected chi connectivity index (χ2v) is 5.81. The third-order valence-corrected chi connectivity index (χ3v) is 4.45. The Kier molecular flexibility index (Phi) is 2.60. The molecule has 0 amide bonds. The van der Waals surface area contributed by atoms with Crippen molar-refractivity contribution < 1.29 is 12.8 Å². The minimum absolute atomic E-state index is 0.138. The average Bonchev–Trinajstić information content (AvgIpc) is 2.83. The maximum Gasteiger partial charge on any atom is 0.269 e. The van der Waals surface area contributed by atoms with Crippen LogP contribution in [0.25, 0.3) is 11.0 Å². The fourth-order valence-corrected chi connectivity index (χ4v) is 3.16. The first kappa shape index (κ1) is 11.9. The van der Waals surface area contributed by atoms with Gasteiger partial charge in [0.15, 0.2) is 0 Å². The van der Waals surface area contributed by atoms with Gasteiger partial charge in [-0.15, -0.1) is 0 Å². The van der Waals surface area contributed by atoms with Gasteiger partial charge in [0.2, 0.25) is 0 Å². The Morgan fingerprint density at radius 1 is 1.05 bits per heavy atom. The molecule has 0 unspecified atom stereocenters. The van der Waals surface area contributed by atoms with Crippen LogP contribution in [0.2, 0.25) is 0 Å². The summed E-state index contributed by atoms with van der Waals surface area (Å²) in [4.78, 5) is 4.11. The van der Waals surface area contributed by atoms with E-state index >= 15 is 0 Å². The molecule has 0 atom stereocenters. The predicted octanol–water partition coefficient (Wildman–Crippen LogP) is 2.41. The van der Waals surface area contributed by atoms with Crippen LogP contribution in [0.3, 0.4) is 0 Å². The molecule has 19 heavy (non-hydrogen) atoms. The van der Waals surface area contributed by atoms with Crippen LogP contribution in [0.5, 0.6) is 0 Å². The highest BCUT2D eigenvalue weighted by molar-refractivity contribution is 7.90. The quantitative estimate of drug-likeness (QED) is 0.722. The lowest BCUT2D eigenvalue weighted by Gasteiger charge is -2.06. The highest BCUT2D eigenvalue weighted by Crippen LogP contribution is 2.20. The average molecular weight is 276 g/mol. The Bertz CT molecular complexity index is 841. The number of benzene rings is 2. The number of aromatic nitrogens is 2. The second kappa shape index (κ2) is 4.17. The maximum absolute atomic E-state index is 13.2. The van der Waals surface area contributed by atoms with Crippen LogP contribution in [0, 0.1) is 5.82 Å². The van der Waals surface area contributed by atoms with Gasteiger partial charge >= 0.3 is 0 Å². The van der Waals surface area contributed by atoms with Crippen molar-refractivity contribution in [3.05, 3.63) is 60.7 Å². The van der Waals surface area contributed by atoms with Crippen molar-refractivity contribution in [2.24, 2.45) is 0 Å². The van der Waals surface area contributed by atoms with Crippen molar-refractivity contribution in [1.29, 1.82) is 0 Å². The molecule has 0 aliphatic heterocycles. The Morgan fingerprint density at radius 3 is 2.53 bits per heavy atom. The van der Waals surface area contributed by atoms with Crippen molar-refractivity contribution in [3.8, 4) is 0 Å². The summed E-state index contributed by atoms with van der Waals surface area (Å²) in [6.45, 7) is 0. The lowest BCUT2D eigenvalue weighted by atomic mass is 10.3. The van der Waals surface area contributed by atoms with Gasteiger partial charge in [0.1, 0.15) is 12.1 Å². The zero-order valence-electron chi connectivity index (χ0n) is 9.69. The minimum atomic E-state index is -3.75. The van der Waals surface area contributed by atoms with Crippen LogP contribution in [-0.2, 0) is 10.0 Å². The number of imidazole rings is 1. The van der Waals surface area contributed by atoms with Crippen LogP contribution in [-0.4, -0.2) is 17.4 Å². The zero-order chi connectivity index (χ0) is 13.5. The van der Waals surface area contributed by atoms with Gasteiger partial charge in [-0.3, -0.25) is 0 Å². The van der Waals surface area contributed by atoms with Crippen molar-refractivity contribution in [3.63, 3.8) is 0 Å². The highest BCUT2D eigenvalue weighted by atomic mass is 32.2. The molecule has 0 bridgehead atoms. The van der Waals surface area contributed by atoms with Crippen LogP contribution < -0.4 is 0 Å². The summed E-state index contributed by atoms with van der Waals surface area (Å²) in [5.41, 5.74) is 0.657. The number of hydrogen-bond donors (Lipinski definition) is 0. The van der Waals surface area contributed by atoms with Gasteiger partial charge in [-0.2, -0.15) is 0 Å². The second-order valence-electron chi connectivity index (χ2n) is 3.99. The first-order chi connectivity index (χ1) is 9.09. The van der Waals surface area contributed by atoms with E-state index in [4.69, 9.17) is 0 Å². The largest absolute Gasteiger partial charge is 0.269 e. The first-order valence-electron chi connectivity index (χ1n) is 5.52. The summed E-state index contributed by atoms with van der Waals surface area (Å²) in [6, 6.07) is 11.8. The van der Waals surface area contributed by atoms with E-state index in [1.54, 1.807) is 18.2 Å². The Labute approximate surface area is 109 Å². The molecular formula is C13H9FN2O2S. The highest BCUT2D eigenvalue weighted by Gasteiger charge is 2.19. The summed E-state index contributed by atoms with van der Waals surface area (Å²) in [5, 5.41) is 0. The maximum atomic E-state index is 13.2. The zero-order valence-corrected chi connectivity index (χ0v) is 10.5. The standard InChI is InChI=1S/C13H9FN2O2S/c14-10-6-7-12-13(8-10)16(9-15-12)19(17,18)11-4-2-1-3-5-11/h1-9H. The van der Waals surface area contributed by atoms with E-state index in [1.807, 2.05) is 0 Å². The van der Waals surface area contributed by atoms with Crippen molar-refractivity contribution in [2.75, 3.05) is 0 Å². The number of rotatable bonds is 2. The Balaban J connectivity index is 2.28. The predicted molar refractivity (Wildman–Crippen MR) is 68.7 cm³/mol. The minimum Gasteiger partial charge on any atom is -0.236 e. The molecule has 0 aliphatic carbocycles. The molecular weight excluding hydrogens is 267 g/mol. The molecule has 4 nitrogen and oxygen atoms in total. The molecule has 1 aromatic heterocycles. The van der Waals surface area contributed by atoms with Crippen molar-refractivity contribution in [2.45, 2.75) is 4.90 Å². The third kappa shape index (κ3) is 1.90. The summed E-state index contributed by atoms with van der Waals surface area (Å²) in [7, 11) is -3.75. The van der Waals surface area contributed by atoms with Gasteiger partial charge in [0, 0.05) is 6.07 Å². The topological polar surface area (TPSA) is 52.0 Å². The molecule has 0 saturated heterocycles. The van der Waals surface area contributed by atoms with Crippen LogP contribution >= 0.6 is 0 Å². The smallest absolute Gasteiger partial charge is 0.236 e. The molecule has 0 spiro atoms. The molecule has 3 aromatic rings. The van der Waals surface area contributed by atoms with Crippen LogP contribution in [0.4, 0.5) is 4.39 Å². The van der Waals surface area contributed by atoms with Crippen LogP contribution in [0.1, 0.15) is 0 Å². The molecule has 0 fully saturated rings. The molecule has 0 N–H and O–H groups in total. The van der Waals surface area contributed by atoms with Gasteiger partial charge in [0.25, 0.3) is 10.0 Å². The molecule has 0 radical (unpaired) electrons. The Hall–Kier alpha value is -2.21. The third-order valence-electron chi connectivity index (χ3n) is 2.78. The molecule has 0 saturated carbocycles. The summed E-state index contributed by atoms with van der Waals surface area (Å²) in [6.07, 6.45) is 1.19. The molecule has 6 heteroatoms. The lowest BCUT2D eigenvalue weighted by Crippen LogP contribution is -2.11. The van der Waals surface area contributed by atoms with Gasteiger partial charge in [-0.1, -0.05) is 18.2 Å². The van der Waals surface area contributed by atoms with E-state index in [1.165, 1.54) is 30.6 Å². The monoisotopic (exact) mass is 276 g/mol. The fourth-order valence-electron chi connectivity index (χ4n) is 1.86. The van der Waals surface area contributed by atoms with Crippen molar-refractivity contribution >= 4 is 21.1 Å². The Morgan fingerprint density at radius 2 is 1.79 bits per heavy atom. The molecule has 1 heterocycles. The number of fused-ring (bicyclic) bond motifs is 1. The van der Waals surface area contributed by atoms with E-state index in [0.717, 1.165) is 10.0 Å². The molecule has 0 aliphatic rings. The summed E-state index contributed by atoms with van der Waals surface area (Å²) < 4.78 is 39.1. The molecule has 2 aromatic carbocycles. The number of hydrogen-bond acceptors (Lipinski definition) is 3. The van der Waals surface area contributed by atoms with E-state index < -0.39 is 15.8 Å². The normalized spacial score (nSPS) is 11.8. The number of halogens is 1. The van der Waals surface area contributed by atoms with E-state index in [-0.39, 0.29) is 10.4 Å². The summed E-state index contributed by atoms with van der Waals surface area (Å²) in [5.74, 6) is -0.502. The lowest BCUT2D eigenvalue weighted by molar-refractivity contribution is 0.588. The summed E-state index contributed by atoms with van der Waals surface area (Å²) >= 11 is 0.